The Bertz CT molecular complexity index is 339. The highest BCUT2D eigenvalue weighted by Gasteiger charge is 2.11. The van der Waals surface area contributed by atoms with E-state index in [2.05, 4.69) is 22.2 Å². The minimum Gasteiger partial charge on any atom is -0.474 e. The smallest absolute Gasteiger partial charge is 0.222 e. The van der Waals surface area contributed by atoms with Gasteiger partial charge in [0.25, 0.3) is 0 Å². The molecule has 1 aromatic rings. The maximum absolute atomic E-state index is 5.73. The Morgan fingerprint density at radius 2 is 2.00 bits per heavy atom. The van der Waals surface area contributed by atoms with Crippen LogP contribution in [0, 0.1) is 13.8 Å². The van der Waals surface area contributed by atoms with Gasteiger partial charge in [-0.2, -0.15) is 4.98 Å². The molecular weight excluding hydrogens is 190 g/mol. The monoisotopic (exact) mass is 209 g/mol. The van der Waals surface area contributed by atoms with Gasteiger partial charge in [0.15, 0.2) is 0 Å². The van der Waals surface area contributed by atoms with Gasteiger partial charge in [-0.25, -0.2) is 4.98 Å². The Hall–Kier alpha value is -1.32. The minimum absolute atomic E-state index is 0.183. The first-order valence-electron chi connectivity index (χ1n) is 5.28. The van der Waals surface area contributed by atoms with Gasteiger partial charge < -0.3 is 10.1 Å². The average Bonchev–Trinajstić information content (AvgIpc) is 2.22. The summed E-state index contributed by atoms with van der Waals surface area (Å²) in [6.45, 7) is 7.95. The van der Waals surface area contributed by atoms with E-state index >= 15 is 0 Å². The quantitative estimate of drug-likeness (QED) is 0.826. The van der Waals surface area contributed by atoms with Gasteiger partial charge in [-0.1, -0.05) is 6.92 Å². The van der Waals surface area contributed by atoms with Gasteiger partial charge >= 0.3 is 0 Å². The molecule has 4 heteroatoms. The first kappa shape index (κ1) is 11.8. The van der Waals surface area contributed by atoms with E-state index in [1.54, 1.807) is 0 Å². The molecule has 1 rings (SSSR count). The van der Waals surface area contributed by atoms with Gasteiger partial charge in [-0.05, 0) is 27.2 Å². The number of anilines is 1. The predicted octanol–water partition coefficient (Wildman–Crippen LogP) is 2.31. The lowest BCUT2D eigenvalue weighted by Crippen LogP contribution is -2.13. The first-order valence-corrected chi connectivity index (χ1v) is 5.28. The Balaban J connectivity index is 3.01. The highest BCUT2D eigenvalue weighted by molar-refractivity contribution is 5.47. The van der Waals surface area contributed by atoms with Gasteiger partial charge in [0, 0.05) is 7.05 Å². The number of nitrogens with zero attached hydrogens (tertiary/aromatic N) is 2. The lowest BCUT2D eigenvalue weighted by atomic mass is 10.3. The third-order valence-electron chi connectivity index (χ3n) is 2.34. The van der Waals surface area contributed by atoms with Crippen LogP contribution >= 0.6 is 0 Å². The lowest BCUT2D eigenvalue weighted by molar-refractivity contribution is 0.206. The van der Waals surface area contributed by atoms with Crippen molar-refractivity contribution in [1.82, 2.24) is 9.97 Å². The number of hydrogen-bond donors (Lipinski definition) is 1. The molecule has 0 amide bonds. The van der Waals surface area contributed by atoms with Crippen molar-refractivity contribution in [1.29, 1.82) is 0 Å². The van der Waals surface area contributed by atoms with Crippen LogP contribution in [0.25, 0.3) is 0 Å². The molecule has 0 spiro atoms. The average molecular weight is 209 g/mol. The van der Waals surface area contributed by atoms with Crippen LogP contribution in [0.1, 0.15) is 31.7 Å². The fourth-order valence-electron chi connectivity index (χ4n) is 1.23. The van der Waals surface area contributed by atoms with Crippen LogP contribution in [-0.4, -0.2) is 23.1 Å². The highest BCUT2D eigenvalue weighted by atomic mass is 16.5. The van der Waals surface area contributed by atoms with Crippen LogP contribution in [0.5, 0.6) is 5.88 Å². The number of hydrogen-bond acceptors (Lipinski definition) is 4. The zero-order chi connectivity index (χ0) is 11.4. The number of rotatable bonds is 4. The molecule has 4 nitrogen and oxygen atoms in total. The van der Waals surface area contributed by atoms with E-state index in [0.717, 1.165) is 23.6 Å². The molecule has 84 valence electrons. The molecule has 1 aromatic heterocycles. The van der Waals surface area contributed by atoms with Gasteiger partial charge in [0.05, 0.1) is 11.7 Å². The summed E-state index contributed by atoms with van der Waals surface area (Å²) < 4.78 is 5.73. The molecule has 1 atom stereocenters. The van der Waals surface area contributed by atoms with Crippen molar-refractivity contribution < 1.29 is 4.74 Å². The van der Waals surface area contributed by atoms with Crippen molar-refractivity contribution in [2.75, 3.05) is 12.4 Å². The molecule has 0 aliphatic heterocycles. The van der Waals surface area contributed by atoms with Crippen LogP contribution in [0.15, 0.2) is 0 Å². The molecule has 0 saturated heterocycles. The van der Waals surface area contributed by atoms with Crippen LogP contribution in [0.4, 0.5) is 5.82 Å². The molecular formula is C11H19N3O. The Morgan fingerprint density at radius 3 is 2.53 bits per heavy atom. The summed E-state index contributed by atoms with van der Waals surface area (Å²) in [5, 5.41) is 3.04. The van der Waals surface area contributed by atoms with E-state index in [4.69, 9.17) is 4.74 Å². The lowest BCUT2D eigenvalue weighted by Gasteiger charge is -2.15. The third kappa shape index (κ3) is 2.81. The molecule has 0 aliphatic carbocycles. The van der Waals surface area contributed by atoms with E-state index in [1.807, 2.05) is 27.8 Å². The van der Waals surface area contributed by atoms with E-state index in [9.17, 15) is 0 Å². The summed E-state index contributed by atoms with van der Waals surface area (Å²) in [6.07, 6.45) is 1.15. The normalized spacial score (nSPS) is 12.3. The number of aromatic nitrogens is 2. The topological polar surface area (TPSA) is 47.0 Å². The first-order chi connectivity index (χ1) is 7.08. The van der Waals surface area contributed by atoms with Crippen molar-refractivity contribution in [2.24, 2.45) is 0 Å². The molecule has 15 heavy (non-hydrogen) atoms. The summed E-state index contributed by atoms with van der Waals surface area (Å²) in [5.41, 5.74) is 0.961. The molecule has 0 saturated carbocycles. The van der Waals surface area contributed by atoms with Crippen LogP contribution in [-0.2, 0) is 0 Å². The Morgan fingerprint density at radius 1 is 1.33 bits per heavy atom. The van der Waals surface area contributed by atoms with Gasteiger partial charge in [-0.15, -0.1) is 0 Å². The predicted molar refractivity (Wildman–Crippen MR) is 61.4 cm³/mol. The Kier molecular flexibility index (Phi) is 3.88. The second-order valence-corrected chi connectivity index (χ2v) is 3.64. The number of ether oxygens (including phenoxy) is 1. The summed E-state index contributed by atoms with van der Waals surface area (Å²) in [4.78, 5) is 8.58. The second-order valence-electron chi connectivity index (χ2n) is 3.64. The molecule has 0 aliphatic rings. The van der Waals surface area contributed by atoms with E-state index in [1.165, 1.54) is 0 Å². The largest absolute Gasteiger partial charge is 0.474 e. The third-order valence-corrected chi connectivity index (χ3v) is 2.34. The fraction of sp³-hybridized carbons (Fsp3) is 0.636. The van der Waals surface area contributed by atoms with Crippen molar-refractivity contribution in [3.63, 3.8) is 0 Å². The molecule has 1 unspecified atom stereocenters. The van der Waals surface area contributed by atoms with E-state index < -0.39 is 0 Å². The number of nitrogens with one attached hydrogen (secondary N) is 1. The van der Waals surface area contributed by atoms with Crippen LogP contribution in [0.3, 0.4) is 0 Å². The van der Waals surface area contributed by atoms with Crippen molar-refractivity contribution in [3.05, 3.63) is 11.4 Å². The molecule has 0 radical (unpaired) electrons. The fourth-order valence-corrected chi connectivity index (χ4v) is 1.23. The van der Waals surface area contributed by atoms with E-state index in [-0.39, 0.29) is 6.10 Å². The van der Waals surface area contributed by atoms with Gasteiger partial charge in [-0.3, -0.25) is 0 Å². The highest BCUT2D eigenvalue weighted by Crippen LogP contribution is 2.22. The van der Waals surface area contributed by atoms with Crippen molar-refractivity contribution in [2.45, 2.75) is 40.2 Å². The Labute approximate surface area is 91.1 Å². The zero-order valence-electron chi connectivity index (χ0n) is 10.1. The summed E-state index contributed by atoms with van der Waals surface area (Å²) in [7, 11) is 1.85. The van der Waals surface area contributed by atoms with Crippen molar-refractivity contribution >= 4 is 5.82 Å². The van der Waals surface area contributed by atoms with Crippen molar-refractivity contribution in [3.8, 4) is 5.88 Å². The minimum atomic E-state index is 0.183. The summed E-state index contributed by atoms with van der Waals surface area (Å²) >= 11 is 0. The molecule has 0 fully saturated rings. The van der Waals surface area contributed by atoms with Crippen LogP contribution < -0.4 is 10.1 Å². The second kappa shape index (κ2) is 4.96. The molecule has 1 heterocycles. The maximum Gasteiger partial charge on any atom is 0.222 e. The van der Waals surface area contributed by atoms with E-state index in [0.29, 0.717) is 5.88 Å². The zero-order valence-corrected chi connectivity index (χ0v) is 10.1. The van der Waals surface area contributed by atoms with Gasteiger partial charge in [0.1, 0.15) is 11.6 Å². The summed E-state index contributed by atoms with van der Waals surface area (Å²) in [5.74, 6) is 2.24. The van der Waals surface area contributed by atoms with Crippen LogP contribution in [0.2, 0.25) is 0 Å². The molecule has 1 N–H and O–H groups in total. The SMILES string of the molecule is CCC(C)Oc1nc(C)nc(NC)c1C. The molecule has 0 bridgehead atoms. The summed E-state index contributed by atoms with van der Waals surface area (Å²) in [6, 6.07) is 0. The standard InChI is InChI=1S/C11H19N3O/c1-6-7(2)15-11-8(3)10(12-5)13-9(4)14-11/h7H,6H2,1-5H3,(H,12,13,14). The number of aryl methyl sites for hydroxylation is 1. The maximum atomic E-state index is 5.73. The van der Waals surface area contributed by atoms with Gasteiger partial charge in [0.2, 0.25) is 5.88 Å². The molecule has 0 aromatic carbocycles.